The lowest BCUT2D eigenvalue weighted by Gasteiger charge is -2.17. The fourth-order valence-corrected chi connectivity index (χ4v) is 6.46. The van der Waals surface area contributed by atoms with Crippen molar-refractivity contribution in [3.05, 3.63) is 135 Å². The number of ether oxygens (including phenoxy) is 1. The lowest BCUT2D eigenvalue weighted by atomic mass is 10.1. The second kappa shape index (κ2) is 15.1. The van der Waals surface area contributed by atoms with Crippen molar-refractivity contribution >= 4 is 38.4 Å². The van der Waals surface area contributed by atoms with Crippen LogP contribution in [0.1, 0.15) is 21.7 Å². The minimum absolute atomic E-state index is 0.0210. The van der Waals surface area contributed by atoms with Crippen molar-refractivity contribution in [1.29, 1.82) is 0 Å². The summed E-state index contributed by atoms with van der Waals surface area (Å²) in [5, 5.41) is 2.47. The second-order valence-corrected chi connectivity index (χ2v) is 13.5. The highest BCUT2D eigenvalue weighted by molar-refractivity contribution is 7.92. The minimum atomic E-state index is -4.41. The summed E-state index contributed by atoms with van der Waals surface area (Å²) in [6, 6.07) is 9.27. The number of nitrogens with two attached hydrogens (primary N) is 1. The molecule has 0 aliphatic rings. The number of fused-ring (bicyclic) bond motifs is 1. The van der Waals surface area contributed by atoms with Crippen LogP contribution >= 0.6 is 0 Å². The van der Waals surface area contributed by atoms with Crippen molar-refractivity contribution < 1.29 is 31.5 Å². The average molecular weight is 758 g/mol. The maximum Gasteiger partial charge on any atom is 0.337 e. The van der Waals surface area contributed by atoms with Crippen LogP contribution in [-0.4, -0.2) is 62.5 Å². The summed E-state index contributed by atoms with van der Waals surface area (Å²) in [5.41, 5.74) is 4.43. The van der Waals surface area contributed by atoms with Crippen molar-refractivity contribution in [2.24, 2.45) is 12.8 Å². The molecule has 0 spiro atoms. The fourth-order valence-electron chi connectivity index (χ4n) is 5.40. The topological polar surface area (TPSA) is 223 Å². The first-order valence-corrected chi connectivity index (χ1v) is 17.3. The van der Waals surface area contributed by atoms with Gasteiger partial charge in [-0.3, -0.25) is 28.7 Å². The first kappa shape index (κ1) is 37.0. The molecule has 19 heteroatoms. The van der Waals surface area contributed by atoms with E-state index in [0.717, 1.165) is 4.57 Å². The van der Waals surface area contributed by atoms with Gasteiger partial charge < -0.3 is 15.8 Å². The van der Waals surface area contributed by atoms with Crippen molar-refractivity contribution in [1.82, 2.24) is 34.4 Å². The molecule has 0 bridgehead atoms. The Balaban J connectivity index is 1.15. The fraction of sp³-hybridized carbons (Fsp3) is 0.143. The van der Waals surface area contributed by atoms with E-state index in [9.17, 15) is 27.6 Å². The van der Waals surface area contributed by atoms with Crippen LogP contribution in [-0.2, 0) is 39.6 Å². The molecular weight excluding hydrogens is 729 g/mol. The Morgan fingerprint density at radius 2 is 1.65 bits per heavy atom. The molecule has 0 saturated carbocycles. The molecule has 276 valence electrons. The van der Waals surface area contributed by atoms with E-state index in [4.69, 9.17) is 10.5 Å². The summed E-state index contributed by atoms with van der Waals surface area (Å²) in [5.74, 6) is -4.38. The third-order valence-corrected chi connectivity index (χ3v) is 9.60. The van der Waals surface area contributed by atoms with Crippen LogP contribution in [0, 0.1) is 11.6 Å². The van der Waals surface area contributed by atoms with Gasteiger partial charge in [-0.05, 0) is 41.5 Å². The molecule has 16 nitrogen and oxygen atoms in total. The van der Waals surface area contributed by atoms with Crippen LogP contribution in [0.4, 0.5) is 14.5 Å². The van der Waals surface area contributed by atoms with E-state index in [0.29, 0.717) is 40.2 Å². The number of nitrogens with one attached hydrogen (secondary N) is 2. The Morgan fingerprint density at radius 1 is 0.926 bits per heavy atom. The molecule has 54 heavy (non-hydrogen) atoms. The van der Waals surface area contributed by atoms with Gasteiger partial charge in [-0.2, -0.15) is 0 Å². The zero-order valence-electron chi connectivity index (χ0n) is 28.4. The molecule has 4 N–H and O–H groups in total. The normalized spacial score (nSPS) is 12.0. The first-order chi connectivity index (χ1) is 25.8. The molecule has 6 aromatic rings. The number of hydrogen-bond donors (Lipinski definition) is 3. The van der Waals surface area contributed by atoms with Crippen LogP contribution in [0.5, 0.6) is 0 Å². The number of sulfonamides is 1. The van der Waals surface area contributed by atoms with E-state index < -0.39 is 62.0 Å². The average Bonchev–Trinajstić information content (AvgIpc) is 3.16. The monoisotopic (exact) mass is 757 g/mol. The van der Waals surface area contributed by atoms with Crippen LogP contribution in [0.25, 0.3) is 27.8 Å². The van der Waals surface area contributed by atoms with E-state index in [1.54, 1.807) is 12.4 Å². The van der Waals surface area contributed by atoms with E-state index in [1.165, 1.54) is 79.8 Å². The largest absolute Gasteiger partial charge is 0.377 e. The molecule has 1 atom stereocenters. The SMILES string of the molecule is COCc1ncc(-c2ccc(S(=O)(=O)Nc3cc(F)c(C(=O)N[C@@H](Cc4ccc(-n5c(=O)c6ccncc6n(C)c5=O)nc4)C(N)=O)cc3F)cc2)cn1. The molecule has 0 aliphatic heterocycles. The molecule has 0 radical (unpaired) electrons. The predicted molar refractivity (Wildman–Crippen MR) is 190 cm³/mol. The Hall–Kier alpha value is -6.73. The number of aromatic nitrogens is 6. The number of anilines is 1. The molecule has 0 fully saturated rings. The number of methoxy groups -OCH3 is 1. The number of pyridine rings is 2. The number of amides is 2. The summed E-state index contributed by atoms with van der Waals surface area (Å²) in [6.07, 6.45) is 6.88. The van der Waals surface area contributed by atoms with Crippen molar-refractivity contribution in [3.8, 4) is 16.9 Å². The summed E-state index contributed by atoms with van der Waals surface area (Å²) >= 11 is 0. The zero-order valence-corrected chi connectivity index (χ0v) is 29.2. The van der Waals surface area contributed by atoms with Gasteiger partial charge in [-0.25, -0.2) is 41.5 Å². The van der Waals surface area contributed by atoms with Crippen molar-refractivity contribution in [2.75, 3.05) is 11.8 Å². The molecule has 4 heterocycles. The molecule has 2 aromatic carbocycles. The standard InChI is InChI=1S/C35H29F2N9O7S/c1-45-29-17-39-10-9-23(29)34(49)46(35(45)50)31-8-3-19(14-42-31)11-28(32(38)47)43-33(48)24-12-26(37)27(13-25(24)36)44-54(51,52)22-6-4-20(5-7-22)21-15-40-30(18-53-2)41-16-21/h3-10,12-17,28,44H,11,18H2,1-2H3,(H2,38,47)(H,43,48)/t28-/m0/s1. The van der Waals surface area contributed by atoms with Gasteiger partial charge in [0, 0.05) is 57.0 Å². The summed E-state index contributed by atoms with van der Waals surface area (Å²) < 4.78 is 65.5. The van der Waals surface area contributed by atoms with Gasteiger partial charge >= 0.3 is 5.69 Å². The Kier molecular flexibility index (Phi) is 10.4. The van der Waals surface area contributed by atoms with E-state index in [-0.39, 0.29) is 29.1 Å². The number of benzene rings is 2. The minimum Gasteiger partial charge on any atom is -0.377 e. The van der Waals surface area contributed by atoms with Gasteiger partial charge in [-0.1, -0.05) is 18.2 Å². The van der Waals surface area contributed by atoms with Crippen LogP contribution in [0.15, 0.2) is 100 Å². The number of rotatable bonds is 12. The highest BCUT2D eigenvalue weighted by Gasteiger charge is 2.25. The Morgan fingerprint density at radius 3 is 2.30 bits per heavy atom. The maximum absolute atomic E-state index is 15.2. The predicted octanol–water partition coefficient (Wildman–Crippen LogP) is 1.99. The molecule has 4 aromatic heterocycles. The lowest BCUT2D eigenvalue weighted by molar-refractivity contribution is -0.119. The third-order valence-electron chi connectivity index (χ3n) is 8.22. The lowest BCUT2D eigenvalue weighted by Crippen LogP contribution is -2.46. The summed E-state index contributed by atoms with van der Waals surface area (Å²) in [4.78, 5) is 67.5. The van der Waals surface area contributed by atoms with Crippen LogP contribution in [0.2, 0.25) is 0 Å². The van der Waals surface area contributed by atoms with E-state index in [2.05, 4.69) is 25.3 Å². The van der Waals surface area contributed by atoms with Gasteiger partial charge in [0.05, 0.1) is 33.2 Å². The van der Waals surface area contributed by atoms with Gasteiger partial charge in [-0.15, -0.1) is 0 Å². The Labute approximate surface area is 304 Å². The van der Waals surface area contributed by atoms with Gasteiger partial charge in [0.1, 0.15) is 30.1 Å². The number of halogens is 2. The number of carbonyl (C=O) groups excluding carboxylic acids is 2. The highest BCUT2D eigenvalue weighted by atomic mass is 32.2. The maximum atomic E-state index is 15.2. The number of primary amides is 1. The molecular formula is C35H29F2N9O7S. The highest BCUT2D eigenvalue weighted by Crippen LogP contribution is 2.25. The molecule has 2 amide bonds. The summed E-state index contributed by atoms with van der Waals surface area (Å²) in [6.45, 7) is 0.219. The van der Waals surface area contributed by atoms with E-state index in [1.807, 2.05) is 4.72 Å². The van der Waals surface area contributed by atoms with Gasteiger partial charge in [0.2, 0.25) is 5.91 Å². The number of carbonyl (C=O) groups is 2. The van der Waals surface area contributed by atoms with Crippen LogP contribution < -0.4 is 27.0 Å². The number of nitrogens with zero attached hydrogens (tertiary/aromatic N) is 6. The molecule has 6 rings (SSSR count). The second-order valence-electron chi connectivity index (χ2n) is 11.8. The van der Waals surface area contributed by atoms with Gasteiger partial charge in [0.15, 0.2) is 5.82 Å². The number of hydrogen-bond acceptors (Lipinski definition) is 11. The van der Waals surface area contributed by atoms with Crippen molar-refractivity contribution in [3.63, 3.8) is 0 Å². The third kappa shape index (κ3) is 7.57. The Bertz CT molecular complexity index is 2640. The number of aryl methyl sites for hydroxylation is 1. The molecule has 0 aliphatic carbocycles. The van der Waals surface area contributed by atoms with Crippen LogP contribution in [0.3, 0.4) is 0 Å². The van der Waals surface area contributed by atoms with Crippen molar-refractivity contribution in [2.45, 2.75) is 24.0 Å². The van der Waals surface area contributed by atoms with Gasteiger partial charge in [0.25, 0.3) is 21.5 Å². The molecule has 0 saturated heterocycles. The zero-order chi connectivity index (χ0) is 38.7. The molecule has 0 unspecified atom stereocenters. The quantitative estimate of drug-likeness (QED) is 0.164. The van der Waals surface area contributed by atoms with E-state index >= 15 is 8.78 Å². The first-order valence-electron chi connectivity index (χ1n) is 15.8. The summed E-state index contributed by atoms with van der Waals surface area (Å²) in [7, 11) is -1.44. The smallest absolute Gasteiger partial charge is 0.337 e.